The van der Waals surface area contributed by atoms with Gasteiger partial charge >= 0.3 is 0 Å². The fourth-order valence-electron chi connectivity index (χ4n) is 2.70. The van der Waals surface area contributed by atoms with Crippen LogP contribution in [0.1, 0.15) is 11.5 Å². The van der Waals surface area contributed by atoms with Gasteiger partial charge in [-0.2, -0.15) is 0 Å². The molecule has 120 valence electrons. The molecule has 2 aromatic heterocycles. The summed E-state index contributed by atoms with van der Waals surface area (Å²) in [6.07, 6.45) is 2.35. The van der Waals surface area contributed by atoms with Crippen LogP contribution in [0.25, 0.3) is 22.4 Å². The Balaban J connectivity index is 1.47. The summed E-state index contributed by atoms with van der Waals surface area (Å²) in [6.45, 7) is 2.45. The normalized spacial score (nSPS) is 11.0. The van der Waals surface area contributed by atoms with Gasteiger partial charge in [-0.05, 0) is 31.2 Å². The van der Waals surface area contributed by atoms with E-state index >= 15 is 0 Å². The van der Waals surface area contributed by atoms with E-state index in [1.165, 1.54) is 0 Å². The first-order valence-corrected chi connectivity index (χ1v) is 7.92. The van der Waals surface area contributed by atoms with Gasteiger partial charge in [-0.25, -0.2) is 4.98 Å². The van der Waals surface area contributed by atoms with Crippen molar-refractivity contribution in [2.45, 2.75) is 13.3 Å². The van der Waals surface area contributed by atoms with Crippen molar-refractivity contribution in [1.29, 1.82) is 0 Å². The summed E-state index contributed by atoms with van der Waals surface area (Å²) < 4.78 is 17.1. The summed E-state index contributed by atoms with van der Waals surface area (Å²) in [5.41, 5.74) is 2.67. The number of aromatic nitrogens is 1. The molecule has 0 fully saturated rings. The average molecular weight is 319 g/mol. The second kappa shape index (κ2) is 6.24. The number of oxazole rings is 1. The van der Waals surface area contributed by atoms with Crippen molar-refractivity contribution in [1.82, 2.24) is 4.98 Å². The van der Waals surface area contributed by atoms with Gasteiger partial charge in [0.15, 0.2) is 11.3 Å². The molecule has 0 unspecified atom stereocenters. The van der Waals surface area contributed by atoms with Crippen molar-refractivity contribution in [3.8, 4) is 17.2 Å². The number of fused-ring (bicyclic) bond motifs is 1. The summed E-state index contributed by atoms with van der Waals surface area (Å²) in [7, 11) is 0. The van der Waals surface area contributed by atoms with Gasteiger partial charge in [0.1, 0.15) is 5.76 Å². The summed E-state index contributed by atoms with van der Waals surface area (Å²) in [6, 6.07) is 17.7. The molecule has 0 amide bonds. The van der Waals surface area contributed by atoms with Crippen LogP contribution in [0, 0.1) is 6.92 Å². The predicted molar refractivity (Wildman–Crippen MR) is 92.1 cm³/mol. The van der Waals surface area contributed by atoms with Crippen LogP contribution in [0.3, 0.4) is 0 Å². The minimum absolute atomic E-state index is 0.515. The molecule has 0 bridgehead atoms. The van der Waals surface area contributed by atoms with E-state index in [0.717, 1.165) is 33.7 Å². The first kappa shape index (κ1) is 14.6. The van der Waals surface area contributed by atoms with Crippen LogP contribution in [-0.4, -0.2) is 11.6 Å². The molecular weight excluding hydrogens is 302 g/mol. The Labute approximate surface area is 139 Å². The number of ether oxygens (including phenoxy) is 1. The minimum atomic E-state index is 0.515. The molecule has 24 heavy (non-hydrogen) atoms. The summed E-state index contributed by atoms with van der Waals surface area (Å²) in [5.74, 6) is 2.23. The molecule has 0 aliphatic heterocycles. The second-order valence-electron chi connectivity index (χ2n) is 5.58. The van der Waals surface area contributed by atoms with E-state index in [0.29, 0.717) is 18.9 Å². The fourth-order valence-corrected chi connectivity index (χ4v) is 2.70. The van der Waals surface area contributed by atoms with E-state index in [-0.39, 0.29) is 0 Å². The van der Waals surface area contributed by atoms with Gasteiger partial charge < -0.3 is 13.6 Å². The lowest BCUT2D eigenvalue weighted by Crippen LogP contribution is -2.02. The molecular formula is C20H17NO3. The number of hydrogen-bond acceptors (Lipinski definition) is 4. The van der Waals surface area contributed by atoms with E-state index < -0.39 is 0 Å². The molecule has 0 N–H and O–H groups in total. The lowest BCUT2D eigenvalue weighted by atomic mass is 10.2. The molecule has 0 aliphatic carbocycles. The van der Waals surface area contributed by atoms with Gasteiger partial charge in [0.25, 0.3) is 0 Å². The van der Waals surface area contributed by atoms with Crippen LogP contribution in [-0.2, 0) is 6.42 Å². The van der Waals surface area contributed by atoms with E-state index in [1.807, 2.05) is 61.5 Å². The van der Waals surface area contributed by atoms with E-state index in [9.17, 15) is 0 Å². The topological polar surface area (TPSA) is 48.4 Å². The summed E-state index contributed by atoms with van der Waals surface area (Å²) in [4.78, 5) is 4.59. The molecule has 2 aromatic carbocycles. The Hall–Kier alpha value is -3.01. The van der Waals surface area contributed by atoms with Gasteiger partial charge in [-0.1, -0.05) is 30.3 Å². The minimum Gasteiger partial charge on any atom is -0.489 e. The quantitative estimate of drug-likeness (QED) is 0.518. The van der Waals surface area contributed by atoms with Gasteiger partial charge in [0.2, 0.25) is 5.89 Å². The number of furan rings is 1. The first-order valence-electron chi connectivity index (χ1n) is 7.92. The van der Waals surface area contributed by atoms with Crippen molar-refractivity contribution < 1.29 is 13.6 Å². The Bertz CT molecular complexity index is 953. The van der Waals surface area contributed by atoms with Crippen molar-refractivity contribution in [3.05, 3.63) is 72.3 Å². The third-order valence-corrected chi connectivity index (χ3v) is 3.95. The van der Waals surface area contributed by atoms with Gasteiger partial charge in [-0.3, -0.25) is 0 Å². The van der Waals surface area contributed by atoms with E-state index in [2.05, 4.69) is 4.98 Å². The fraction of sp³-hybridized carbons (Fsp3) is 0.150. The SMILES string of the molecule is Cc1oc(-c2ccccc2)nc1CCOc1cccc2ccoc12. The zero-order valence-corrected chi connectivity index (χ0v) is 13.4. The van der Waals surface area contributed by atoms with Crippen LogP contribution in [0.5, 0.6) is 5.75 Å². The Morgan fingerprint density at radius 3 is 2.75 bits per heavy atom. The van der Waals surface area contributed by atoms with Gasteiger partial charge in [-0.15, -0.1) is 0 Å². The maximum absolute atomic E-state index is 5.88. The zero-order chi connectivity index (χ0) is 16.4. The van der Waals surface area contributed by atoms with Crippen molar-refractivity contribution in [2.24, 2.45) is 0 Å². The first-order chi connectivity index (χ1) is 11.8. The molecule has 4 rings (SSSR count). The molecule has 2 heterocycles. The number of nitrogens with zero attached hydrogens (tertiary/aromatic N) is 1. The number of benzene rings is 2. The molecule has 0 radical (unpaired) electrons. The Kier molecular flexibility index (Phi) is 3.79. The largest absolute Gasteiger partial charge is 0.489 e. The highest BCUT2D eigenvalue weighted by Crippen LogP contribution is 2.27. The average Bonchev–Trinajstić information content (AvgIpc) is 3.23. The smallest absolute Gasteiger partial charge is 0.226 e. The van der Waals surface area contributed by atoms with Crippen LogP contribution >= 0.6 is 0 Å². The molecule has 4 nitrogen and oxygen atoms in total. The molecule has 4 heteroatoms. The number of hydrogen-bond donors (Lipinski definition) is 0. The standard InChI is InChI=1S/C20H17NO3/c1-14-17(21-20(24-14)16-6-3-2-4-7-16)11-13-22-18-9-5-8-15-10-12-23-19(15)18/h2-10,12H,11,13H2,1H3. The number of para-hydroxylation sites is 1. The third-order valence-electron chi connectivity index (χ3n) is 3.95. The van der Waals surface area contributed by atoms with E-state index in [4.69, 9.17) is 13.6 Å². The third kappa shape index (κ3) is 2.78. The van der Waals surface area contributed by atoms with Crippen LogP contribution in [0.15, 0.2) is 69.7 Å². The van der Waals surface area contributed by atoms with Gasteiger partial charge in [0.05, 0.1) is 18.6 Å². The second-order valence-corrected chi connectivity index (χ2v) is 5.58. The Morgan fingerprint density at radius 1 is 1.00 bits per heavy atom. The highest BCUT2D eigenvalue weighted by atomic mass is 16.5. The maximum atomic E-state index is 5.88. The highest BCUT2D eigenvalue weighted by Gasteiger charge is 2.12. The summed E-state index contributed by atoms with van der Waals surface area (Å²) in [5, 5.41) is 1.04. The molecule has 0 atom stereocenters. The molecule has 0 saturated heterocycles. The summed E-state index contributed by atoms with van der Waals surface area (Å²) >= 11 is 0. The van der Waals surface area contributed by atoms with Gasteiger partial charge in [0, 0.05) is 17.4 Å². The van der Waals surface area contributed by atoms with Crippen molar-refractivity contribution in [2.75, 3.05) is 6.61 Å². The van der Waals surface area contributed by atoms with Crippen LogP contribution < -0.4 is 4.74 Å². The van der Waals surface area contributed by atoms with Crippen LogP contribution in [0.4, 0.5) is 0 Å². The van der Waals surface area contributed by atoms with Crippen LogP contribution in [0.2, 0.25) is 0 Å². The van der Waals surface area contributed by atoms with Crippen molar-refractivity contribution in [3.63, 3.8) is 0 Å². The molecule has 0 spiro atoms. The predicted octanol–water partition coefficient (Wildman–Crippen LogP) is 5.02. The Morgan fingerprint density at radius 2 is 1.88 bits per heavy atom. The molecule has 0 saturated carbocycles. The maximum Gasteiger partial charge on any atom is 0.226 e. The van der Waals surface area contributed by atoms with Crippen molar-refractivity contribution >= 4 is 11.0 Å². The molecule has 0 aliphatic rings. The highest BCUT2D eigenvalue weighted by molar-refractivity contribution is 5.82. The monoisotopic (exact) mass is 319 g/mol. The number of rotatable bonds is 5. The van der Waals surface area contributed by atoms with E-state index in [1.54, 1.807) is 6.26 Å². The lowest BCUT2D eigenvalue weighted by molar-refractivity contribution is 0.318. The lowest BCUT2D eigenvalue weighted by Gasteiger charge is -2.05. The molecule has 4 aromatic rings. The zero-order valence-electron chi connectivity index (χ0n) is 13.4. The number of aryl methyl sites for hydroxylation is 1.